The maximum atomic E-state index is 13.0. The minimum absolute atomic E-state index is 0.00704. The van der Waals surface area contributed by atoms with Gasteiger partial charge in [-0.05, 0) is 0 Å². The summed E-state index contributed by atoms with van der Waals surface area (Å²) in [5.74, 6) is -1.05. The number of aromatic nitrogens is 2. The highest BCUT2D eigenvalue weighted by atomic mass is 19.1. The highest BCUT2D eigenvalue weighted by molar-refractivity contribution is 5.70. The van der Waals surface area contributed by atoms with Crippen molar-refractivity contribution in [2.24, 2.45) is 0 Å². The summed E-state index contributed by atoms with van der Waals surface area (Å²) in [4.78, 5) is 14.2. The van der Waals surface area contributed by atoms with Gasteiger partial charge in [0.1, 0.15) is 5.82 Å². The zero-order valence-corrected chi connectivity index (χ0v) is 7.44. The van der Waals surface area contributed by atoms with E-state index in [1.165, 1.54) is 12.4 Å². The average molecular weight is 186 g/mol. The molecule has 0 spiro atoms. The third-order valence-electron chi connectivity index (χ3n) is 1.66. The monoisotopic (exact) mass is 186 g/mol. The third kappa shape index (κ3) is 1.85. The van der Waals surface area contributed by atoms with Crippen molar-refractivity contribution < 1.29 is 14.3 Å². The van der Waals surface area contributed by atoms with Crippen LogP contribution < -0.4 is 0 Å². The van der Waals surface area contributed by atoms with Gasteiger partial charge < -0.3 is 5.11 Å². The Hall–Kier alpha value is -1.39. The zero-order valence-electron chi connectivity index (χ0n) is 7.44. The van der Waals surface area contributed by atoms with E-state index in [0.717, 1.165) is 4.57 Å². The molecule has 0 aromatic carbocycles. The van der Waals surface area contributed by atoms with E-state index < -0.39 is 12.3 Å². The summed E-state index contributed by atoms with van der Waals surface area (Å²) in [5.41, 5.74) is 0. The Morgan fingerprint density at radius 2 is 2.31 bits per heavy atom. The van der Waals surface area contributed by atoms with Crippen molar-refractivity contribution in [1.29, 1.82) is 0 Å². The molecule has 0 aliphatic rings. The highest BCUT2D eigenvalue weighted by Crippen LogP contribution is 2.18. The Morgan fingerprint density at radius 1 is 1.69 bits per heavy atom. The lowest BCUT2D eigenvalue weighted by atomic mass is 10.2. The van der Waals surface area contributed by atoms with Crippen molar-refractivity contribution in [1.82, 2.24) is 9.55 Å². The fourth-order valence-corrected chi connectivity index (χ4v) is 1.08. The van der Waals surface area contributed by atoms with E-state index in [2.05, 4.69) is 4.98 Å². The minimum atomic E-state index is -2.04. The van der Waals surface area contributed by atoms with Crippen LogP contribution in [0.5, 0.6) is 0 Å². The maximum absolute atomic E-state index is 13.0. The number of rotatable bonds is 3. The first-order valence-electron chi connectivity index (χ1n) is 3.93. The zero-order chi connectivity index (χ0) is 10.0. The number of aliphatic carboxylic acids is 1. The Morgan fingerprint density at radius 3 is 2.77 bits per heavy atom. The van der Waals surface area contributed by atoms with Crippen LogP contribution in [-0.2, 0) is 4.79 Å². The predicted octanol–water partition coefficient (Wildman–Crippen LogP) is 1.56. The largest absolute Gasteiger partial charge is 0.478 e. The van der Waals surface area contributed by atoms with Crippen molar-refractivity contribution >= 4 is 5.97 Å². The van der Waals surface area contributed by atoms with Crippen LogP contribution in [-0.4, -0.2) is 20.6 Å². The van der Waals surface area contributed by atoms with E-state index in [-0.39, 0.29) is 5.92 Å². The summed E-state index contributed by atoms with van der Waals surface area (Å²) < 4.78 is 14.1. The van der Waals surface area contributed by atoms with Gasteiger partial charge in [0.05, 0.1) is 0 Å². The summed E-state index contributed by atoms with van der Waals surface area (Å²) in [6.45, 7) is 3.65. The summed E-state index contributed by atoms with van der Waals surface area (Å²) in [5, 5.41) is 8.44. The molecule has 5 heteroatoms. The molecule has 0 fully saturated rings. The Labute approximate surface area is 75.0 Å². The third-order valence-corrected chi connectivity index (χ3v) is 1.66. The predicted molar refractivity (Wildman–Crippen MR) is 44.1 cm³/mol. The van der Waals surface area contributed by atoms with E-state index in [1.807, 2.05) is 13.8 Å². The molecular weight excluding hydrogens is 175 g/mol. The lowest BCUT2D eigenvalue weighted by Gasteiger charge is -2.10. The lowest BCUT2D eigenvalue weighted by molar-refractivity contribution is -0.146. The van der Waals surface area contributed by atoms with Gasteiger partial charge in [-0.25, -0.2) is 14.2 Å². The molecule has 4 nitrogen and oxygen atoms in total. The molecule has 72 valence electrons. The number of alkyl halides is 1. The van der Waals surface area contributed by atoms with E-state index >= 15 is 0 Å². The summed E-state index contributed by atoms with van der Waals surface area (Å²) in [6, 6.07) is 0. The van der Waals surface area contributed by atoms with Crippen molar-refractivity contribution in [3.8, 4) is 0 Å². The molecule has 0 aliphatic carbocycles. The molecule has 1 unspecified atom stereocenters. The Kier molecular flexibility index (Phi) is 2.65. The van der Waals surface area contributed by atoms with Crippen LogP contribution in [0, 0.1) is 0 Å². The second kappa shape index (κ2) is 3.55. The van der Waals surface area contributed by atoms with Crippen LogP contribution in [0.25, 0.3) is 0 Å². The van der Waals surface area contributed by atoms with Crippen LogP contribution in [0.4, 0.5) is 4.39 Å². The van der Waals surface area contributed by atoms with Crippen LogP contribution in [0.3, 0.4) is 0 Å². The number of carbonyl (C=O) groups is 1. The molecule has 1 rings (SSSR count). The van der Waals surface area contributed by atoms with Gasteiger partial charge in [0.2, 0.25) is 0 Å². The van der Waals surface area contributed by atoms with Crippen LogP contribution in [0.2, 0.25) is 0 Å². The van der Waals surface area contributed by atoms with E-state index in [4.69, 9.17) is 5.11 Å². The molecule has 1 atom stereocenters. The number of carboxylic acids is 1. The molecule has 1 N–H and O–H groups in total. The molecular formula is C8H11FN2O2. The van der Waals surface area contributed by atoms with Crippen LogP contribution >= 0.6 is 0 Å². The summed E-state index contributed by atoms with van der Waals surface area (Å²) >= 11 is 0. The van der Waals surface area contributed by atoms with Crippen molar-refractivity contribution in [3.05, 3.63) is 18.2 Å². The lowest BCUT2D eigenvalue weighted by Crippen LogP contribution is -2.16. The minimum Gasteiger partial charge on any atom is -0.478 e. The molecule has 0 saturated carbocycles. The summed E-state index contributed by atoms with van der Waals surface area (Å²) in [6.07, 6.45) is 0.679. The highest BCUT2D eigenvalue weighted by Gasteiger charge is 2.21. The molecule has 0 amide bonds. The van der Waals surface area contributed by atoms with Gasteiger partial charge in [0.15, 0.2) is 0 Å². The molecule has 13 heavy (non-hydrogen) atoms. The second-order valence-electron chi connectivity index (χ2n) is 3.02. The van der Waals surface area contributed by atoms with Crippen LogP contribution in [0.15, 0.2) is 12.4 Å². The van der Waals surface area contributed by atoms with E-state index in [0.29, 0.717) is 5.82 Å². The van der Waals surface area contributed by atoms with Gasteiger partial charge in [-0.1, -0.05) is 13.8 Å². The first-order valence-corrected chi connectivity index (χ1v) is 3.93. The van der Waals surface area contributed by atoms with Crippen molar-refractivity contribution in [3.63, 3.8) is 0 Å². The molecule has 0 aliphatic heterocycles. The van der Waals surface area contributed by atoms with E-state index in [9.17, 15) is 9.18 Å². The standard InChI is InChI=1S/C8H11FN2O2/c1-5(2)7-10-3-4-11(7)6(9)8(12)13/h3-6H,1-2H3,(H,12,13). The fraction of sp³-hybridized carbons (Fsp3) is 0.500. The van der Waals surface area contributed by atoms with Crippen LogP contribution in [0.1, 0.15) is 31.9 Å². The van der Waals surface area contributed by atoms with Gasteiger partial charge in [-0.15, -0.1) is 0 Å². The molecule has 0 bridgehead atoms. The van der Waals surface area contributed by atoms with E-state index in [1.54, 1.807) is 0 Å². The second-order valence-corrected chi connectivity index (χ2v) is 3.02. The first kappa shape index (κ1) is 9.70. The van der Waals surface area contributed by atoms with Crippen molar-refractivity contribution in [2.45, 2.75) is 26.1 Å². The van der Waals surface area contributed by atoms with Gasteiger partial charge >= 0.3 is 5.97 Å². The molecule has 1 aromatic heterocycles. The molecule has 0 saturated heterocycles. The van der Waals surface area contributed by atoms with Gasteiger partial charge in [-0.3, -0.25) is 4.57 Å². The van der Waals surface area contributed by atoms with Crippen molar-refractivity contribution in [2.75, 3.05) is 0 Å². The fourth-order valence-electron chi connectivity index (χ4n) is 1.08. The Balaban J connectivity index is 3.00. The average Bonchev–Trinajstić information content (AvgIpc) is 2.50. The first-order chi connectivity index (χ1) is 6.04. The number of halogens is 1. The van der Waals surface area contributed by atoms with Gasteiger partial charge in [0, 0.05) is 18.3 Å². The smallest absolute Gasteiger partial charge is 0.359 e. The number of nitrogens with zero attached hydrogens (tertiary/aromatic N) is 2. The van der Waals surface area contributed by atoms with Gasteiger partial charge in [0.25, 0.3) is 6.30 Å². The normalized spacial score (nSPS) is 13.2. The molecule has 0 radical (unpaired) electrons. The number of hydrogen-bond acceptors (Lipinski definition) is 2. The Bertz CT molecular complexity index is 309. The SMILES string of the molecule is CC(C)c1nccn1C(F)C(=O)O. The quantitative estimate of drug-likeness (QED) is 0.779. The number of imidazole rings is 1. The summed E-state index contributed by atoms with van der Waals surface area (Å²) in [7, 11) is 0. The maximum Gasteiger partial charge on any atom is 0.359 e. The number of carboxylic acid groups (broad SMARTS) is 1. The topological polar surface area (TPSA) is 55.1 Å². The number of hydrogen-bond donors (Lipinski definition) is 1. The molecule has 1 heterocycles. The molecule has 1 aromatic rings. The van der Waals surface area contributed by atoms with Gasteiger partial charge in [-0.2, -0.15) is 0 Å².